The van der Waals surface area contributed by atoms with Crippen molar-refractivity contribution < 1.29 is 4.74 Å². The summed E-state index contributed by atoms with van der Waals surface area (Å²) in [6.45, 7) is 4.71. The third kappa shape index (κ3) is 3.64. The van der Waals surface area contributed by atoms with E-state index in [1.165, 1.54) is 5.56 Å². The number of hydrogen-bond donors (Lipinski definition) is 1. The molecule has 0 fully saturated rings. The van der Waals surface area contributed by atoms with E-state index in [9.17, 15) is 0 Å². The van der Waals surface area contributed by atoms with Crippen molar-refractivity contribution in [3.63, 3.8) is 0 Å². The minimum Gasteiger partial charge on any atom is -0.487 e. The molecule has 1 aromatic heterocycles. The van der Waals surface area contributed by atoms with Gasteiger partial charge in [0.25, 0.3) is 0 Å². The van der Waals surface area contributed by atoms with Gasteiger partial charge in [0, 0.05) is 0 Å². The standard InChI is InChI=1S/C16H19ClN2O/c1-3-11(2)12-4-6-13(7-5-12)20-10-15-14(17)8-9-16(18)19-15/h4-9,11H,3,10H2,1-2H3,(H2,18,19). The number of halogens is 1. The molecule has 1 unspecified atom stereocenters. The number of nitrogens with two attached hydrogens (primary N) is 1. The molecule has 0 aliphatic heterocycles. The Hall–Kier alpha value is -1.74. The molecular formula is C16H19ClN2O. The average molecular weight is 291 g/mol. The fourth-order valence-electron chi connectivity index (χ4n) is 1.88. The van der Waals surface area contributed by atoms with Gasteiger partial charge in [0.05, 0.1) is 10.7 Å². The number of pyridine rings is 1. The van der Waals surface area contributed by atoms with Gasteiger partial charge >= 0.3 is 0 Å². The molecule has 2 rings (SSSR count). The van der Waals surface area contributed by atoms with E-state index in [1.807, 2.05) is 12.1 Å². The van der Waals surface area contributed by atoms with Crippen LogP contribution in [-0.4, -0.2) is 4.98 Å². The van der Waals surface area contributed by atoms with Gasteiger partial charge in [-0.3, -0.25) is 0 Å². The Morgan fingerprint density at radius 1 is 1.20 bits per heavy atom. The highest BCUT2D eigenvalue weighted by Crippen LogP contribution is 2.23. The van der Waals surface area contributed by atoms with Crippen LogP contribution < -0.4 is 10.5 Å². The van der Waals surface area contributed by atoms with Gasteiger partial charge in [0.1, 0.15) is 18.2 Å². The number of nitrogen functional groups attached to an aromatic ring is 1. The fraction of sp³-hybridized carbons (Fsp3) is 0.312. The Morgan fingerprint density at radius 2 is 1.90 bits per heavy atom. The van der Waals surface area contributed by atoms with Gasteiger partial charge in [-0.15, -0.1) is 0 Å². The van der Waals surface area contributed by atoms with Gasteiger partial charge in [-0.1, -0.05) is 37.6 Å². The van der Waals surface area contributed by atoms with Crippen LogP contribution in [0.4, 0.5) is 5.82 Å². The molecule has 2 aromatic rings. The van der Waals surface area contributed by atoms with E-state index < -0.39 is 0 Å². The summed E-state index contributed by atoms with van der Waals surface area (Å²) >= 11 is 6.05. The molecule has 1 heterocycles. The number of anilines is 1. The lowest BCUT2D eigenvalue weighted by molar-refractivity contribution is 0.301. The van der Waals surface area contributed by atoms with Gasteiger partial charge in [-0.2, -0.15) is 0 Å². The van der Waals surface area contributed by atoms with Crippen LogP contribution in [0.15, 0.2) is 36.4 Å². The molecule has 0 radical (unpaired) electrons. The van der Waals surface area contributed by atoms with E-state index in [-0.39, 0.29) is 0 Å². The average Bonchev–Trinajstić information content (AvgIpc) is 2.48. The molecule has 106 valence electrons. The normalized spacial score (nSPS) is 12.2. The summed E-state index contributed by atoms with van der Waals surface area (Å²) in [5, 5.41) is 0.565. The monoisotopic (exact) mass is 290 g/mol. The lowest BCUT2D eigenvalue weighted by atomic mass is 9.99. The number of rotatable bonds is 5. The van der Waals surface area contributed by atoms with Crippen LogP contribution in [0.5, 0.6) is 5.75 Å². The van der Waals surface area contributed by atoms with Crippen LogP contribution in [0.25, 0.3) is 0 Å². The first-order valence-corrected chi connectivity index (χ1v) is 7.11. The van der Waals surface area contributed by atoms with Gasteiger partial charge in [-0.05, 0) is 42.2 Å². The Labute approximate surface area is 124 Å². The molecule has 20 heavy (non-hydrogen) atoms. The first kappa shape index (κ1) is 14.7. The third-order valence-electron chi connectivity index (χ3n) is 3.38. The largest absolute Gasteiger partial charge is 0.487 e. The molecular weight excluding hydrogens is 272 g/mol. The van der Waals surface area contributed by atoms with Gasteiger partial charge in [0.15, 0.2) is 0 Å². The topological polar surface area (TPSA) is 48.1 Å². The Balaban J connectivity index is 2.02. The predicted molar refractivity (Wildman–Crippen MR) is 83.1 cm³/mol. The van der Waals surface area contributed by atoms with Crippen LogP contribution in [0.3, 0.4) is 0 Å². The molecule has 1 aromatic carbocycles. The van der Waals surface area contributed by atoms with Crippen molar-refractivity contribution in [1.82, 2.24) is 4.98 Å². The van der Waals surface area contributed by atoms with Crippen LogP contribution in [0.2, 0.25) is 5.02 Å². The van der Waals surface area contributed by atoms with Crippen LogP contribution >= 0.6 is 11.6 Å². The number of benzene rings is 1. The van der Waals surface area contributed by atoms with Crippen LogP contribution in [0.1, 0.15) is 37.4 Å². The summed E-state index contributed by atoms with van der Waals surface area (Å²) in [4.78, 5) is 4.17. The second-order valence-corrected chi connectivity index (χ2v) is 5.24. The summed E-state index contributed by atoms with van der Waals surface area (Å²) < 4.78 is 5.69. The molecule has 0 amide bonds. The quantitative estimate of drug-likeness (QED) is 0.887. The highest BCUT2D eigenvalue weighted by molar-refractivity contribution is 6.31. The number of aromatic nitrogens is 1. The van der Waals surface area contributed by atoms with E-state index in [4.69, 9.17) is 22.1 Å². The first-order chi connectivity index (χ1) is 9.60. The lowest BCUT2D eigenvalue weighted by Gasteiger charge is -2.11. The second kappa shape index (κ2) is 6.62. The zero-order valence-electron chi connectivity index (χ0n) is 11.8. The maximum absolute atomic E-state index is 6.05. The zero-order chi connectivity index (χ0) is 14.5. The van der Waals surface area contributed by atoms with E-state index in [2.05, 4.69) is 31.0 Å². The Kier molecular flexibility index (Phi) is 4.85. The maximum Gasteiger partial charge on any atom is 0.132 e. The lowest BCUT2D eigenvalue weighted by Crippen LogP contribution is -2.02. The predicted octanol–water partition coefficient (Wildman–Crippen LogP) is 4.41. The number of ether oxygens (including phenoxy) is 1. The summed E-state index contributed by atoms with van der Waals surface area (Å²) in [7, 11) is 0. The highest BCUT2D eigenvalue weighted by atomic mass is 35.5. The van der Waals surface area contributed by atoms with Crippen molar-refractivity contribution >= 4 is 17.4 Å². The van der Waals surface area contributed by atoms with E-state index in [0.717, 1.165) is 12.2 Å². The highest BCUT2D eigenvalue weighted by Gasteiger charge is 2.05. The van der Waals surface area contributed by atoms with Crippen LogP contribution in [0, 0.1) is 0 Å². The molecule has 2 N–H and O–H groups in total. The van der Waals surface area contributed by atoms with Crippen molar-refractivity contribution in [1.29, 1.82) is 0 Å². The fourth-order valence-corrected chi connectivity index (χ4v) is 2.04. The Bertz CT molecular complexity index is 569. The summed E-state index contributed by atoms with van der Waals surface area (Å²) in [5.74, 6) is 1.81. The summed E-state index contributed by atoms with van der Waals surface area (Å²) in [5.41, 5.74) is 7.61. The third-order valence-corrected chi connectivity index (χ3v) is 3.72. The van der Waals surface area contributed by atoms with E-state index in [0.29, 0.717) is 29.1 Å². The van der Waals surface area contributed by atoms with Crippen molar-refractivity contribution in [3.05, 3.63) is 52.7 Å². The van der Waals surface area contributed by atoms with Crippen molar-refractivity contribution in [2.45, 2.75) is 32.8 Å². The van der Waals surface area contributed by atoms with Crippen molar-refractivity contribution in [3.8, 4) is 5.75 Å². The minimum absolute atomic E-state index is 0.312. The minimum atomic E-state index is 0.312. The molecule has 4 heteroatoms. The van der Waals surface area contributed by atoms with Gasteiger partial charge < -0.3 is 10.5 Å². The molecule has 0 aliphatic rings. The maximum atomic E-state index is 6.05. The van der Waals surface area contributed by atoms with Crippen molar-refractivity contribution in [2.24, 2.45) is 0 Å². The Morgan fingerprint density at radius 3 is 2.55 bits per heavy atom. The SMILES string of the molecule is CCC(C)c1ccc(OCc2nc(N)ccc2Cl)cc1. The first-order valence-electron chi connectivity index (χ1n) is 6.73. The molecule has 0 saturated carbocycles. The molecule has 0 bridgehead atoms. The molecule has 0 aliphatic carbocycles. The molecule has 0 saturated heterocycles. The molecule has 1 atom stereocenters. The van der Waals surface area contributed by atoms with E-state index in [1.54, 1.807) is 12.1 Å². The van der Waals surface area contributed by atoms with Crippen molar-refractivity contribution in [2.75, 3.05) is 5.73 Å². The zero-order valence-corrected chi connectivity index (χ0v) is 12.5. The van der Waals surface area contributed by atoms with Gasteiger partial charge in [-0.25, -0.2) is 4.98 Å². The molecule has 0 spiro atoms. The summed E-state index contributed by atoms with van der Waals surface area (Å²) in [6, 6.07) is 11.5. The smallest absolute Gasteiger partial charge is 0.132 e. The van der Waals surface area contributed by atoms with Gasteiger partial charge in [0.2, 0.25) is 0 Å². The second-order valence-electron chi connectivity index (χ2n) is 4.83. The van der Waals surface area contributed by atoms with Crippen LogP contribution in [-0.2, 0) is 6.61 Å². The summed E-state index contributed by atoms with van der Waals surface area (Å²) in [6.07, 6.45) is 1.13. The number of nitrogens with zero attached hydrogens (tertiary/aromatic N) is 1. The molecule has 3 nitrogen and oxygen atoms in total. The number of hydrogen-bond acceptors (Lipinski definition) is 3. The van der Waals surface area contributed by atoms with E-state index >= 15 is 0 Å².